The van der Waals surface area contributed by atoms with Crippen molar-refractivity contribution in [3.05, 3.63) is 41.6 Å². The van der Waals surface area contributed by atoms with Crippen molar-refractivity contribution in [2.45, 2.75) is 31.9 Å². The van der Waals surface area contributed by atoms with Crippen molar-refractivity contribution in [3.8, 4) is 5.75 Å². The summed E-state index contributed by atoms with van der Waals surface area (Å²) in [6.07, 6.45) is 3.18. The average Bonchev–Trinajstić information content (AvgIpc) is 3.25. The van der Waals surface area contributed by atoms with E-state index in [-0.39, 0.29) is 12.0 Å². The molecule has 120 valence electrons. The van der Waals surface area contributed by atoms with E-state index in [1.165, 1.54) is 5.69 Å². The van der Waals surface area contributed by atoms with E-state index in [9.17, 15) is 4.79 Å². The molecule has 6 nitrogen and oxygen atoms in total. The molecule has 23 heavy (non-hydrogen) atoms. The van der Waals surface area contributed by atoms with Gasteiger partial charge in [-0.05, 0) is 37.1 Å². The van der Waals surface area contributed by atoms with Crippen LogP contribution in [0.5, 0.6) is 5.75 Å². The van der Waals surface area contributed by atoms with Crippen molar-refractivity contribution in [1.82, 2.24) is 9.78 Å². The smallest absolute Gasteiger partial charge is 0.256 e. The van der Waals surface area contributed by atoms with Gasteiger partial charge in [-0.1, -0.05) is 0 Å². The van der Waals surface area contributed by atoms with E-state index in [2.05, 4.69) is 10.4 Å². The number of anilines is 1. The summed E-state index contributed by atoms with van der Waals surface area (Å²) in [7, 11) is 0. The second-order valence-electron chi connectivity index (χ2n) is 5.93. The largest absolute Gasteiger partial charge is 0.488 e. The van der Waals surface area contributed by atoms with E-state index in [0.717, 1.165) is 38.2 Å². The highest BCUT2D eigenvalue weighted by Crippen LogP contribution is 2.20. The summed E-state index contributed by atoms with van der Waals surface area (Å²) in [5, 5.41) is 7.24. The van der Waals surface area contributed by atoms with Crippen LogP contribution in [0.1, 0.15) is 28.9 Å². The van der Waals surface area contributed by atoms with Gasteiger partial charge < -0.3 is 14.8 Å². The highest BCUT2D eigenvalue weighted by molar-refractivity contribution is 6.03. The molecule has 3 heterocycles. The Bertz CT molecular complexity index is 681. The van der Waals surface area contributed by atoms with Crippen LogP contribution in [0.2, 0.25) is 0 Å². The maximum Gasteiger partial charge on any atom is 0.256 e. The molecule has 1 saturated heterocycles. The number of amides is 1. The third-order valence-corrected chi connectivity index (χ3v) is 4.21. The number of hydrogen-bond acceptors (Lipinski definition) is 4. The molecule has 1 N–H and O–H groups in total. The lowest BCUT2D eigenvalue weighted by Gasteiger charge is -2.11. The lowest BCUT2D eigenvalue weighted by molar-refractivity contribution is 0.102. The highest BCUT2D eigenvalue weighted by Gasteiger charge is 2.18. The molecule has 2 aliphatic heterocycles. The monoisotopic (exact) mass is 313 g/mol. The number of carbonyl (C=O) groups excluding carboxylic acids is 1. The fourth-order valence-electron chi connectivity index (χ4n) is 2.99. The Morgan fingerprint density at radius 2 is 2.22 bits per heavy atom. The van der Waals surface area contributed by atoms with Gasteiger partial charge in [0.25, 0.3) is 5.91 Å². The van der Waals surface area contributed by atoms with Crippen molar-refractivity contribution in [3.63, 3.8) is 0 Å². The average molecular weight is 313 g/mol. The number of carbonyl (C=O) groups is 1. The van der Waals surface area contributed by atoms with Gasteiger partial charge in [-0.2, -0.15) is 5.10 Å². The molecular weight excluding hydrogens is 294 g/mol. The van der Waals surface area contributed by atoms with Crippen molar-refractivity contribution in [2.24, 2.45) is 0 Å². The number of ether oxygens (including phenoxy) is 2. The van der Waals surface area contributed by atoms with E-state index < -0.39 is 0 Å². The number of benzene rings is 1. The van der Waals surface area contributed by atoms with Gasteiger partial charge in [0.05, 0.1) is 13.2 Å². The van der Waals surface area contributed by atoms with Crippen LogP contribution < -0.4 is 10.1 Å². The lowest BCUT2D eigenvalue weighted by atomic mass is 10.2. The van der Waals surface area contributed by atoms with Crippen LogP contribution in [0.3, 0.4) is 0 Å². The number of fused-ring (bicyclic) bond motifs is 1. The van der Waals surface area contributed by atoms with Gasteiger partial charge in [0.1, 0.15) is 11.9 Å². The number of nitrogens with zero attached hydrogens (tertiary/aromatic N) is 2. The molecule has 1 atom stereocenters. The number of nitrogens with one attached hydrogen (secondary N) is 1. The Labute approximate surface area is 134 Å². The minimum Gasteiger partial charge on any atom is -0.488 e. The van der Waals surface area contributed by atoms with E-state index in [4.69, 9.17) is 9.47 Å². The first-order valence-electron chi connectivity index (χ1n) is 8.00. The van der Waals surface area contributed by atoms with Gasteiger partial charge in [-0.25, -0.2) is 0 Å². The summed E-state index contributed by atoms with van der Waals surface area (Å²) in [6, 6.07) is 9.12. The molecule has 1 aromatic heterocycles. The fourth-order valence-corrected chi connectivity index (χ4v) is 2.99. The molecule has 0 saturated carbocycles. The summed E-state index contributed by atoms with van der Waals surface area (Å²) in [5.41, 5.74) is 1.77. The molecule has 0 aliphatic carbocycles. The second-order valence-corrected chi connectivity index (χ2v) is 5.93. The Morgan fingerprint density at radius 1 is 1.35 bits per heavy atom. The van der Waals surface area contributed by atoms with Crippen LogP contribution in [0, 0.1) is 0 Å². The standard InChI is InChI=1S/C17H19N3O3/c21-17(18-16-10-13-2-1-8-20(13)19-16)12-3-5-14(6-4-12)23-15-7-9-22-11-15/h3-6,10,15H,1-2,7-9,11H2,(H,18,19,21). The zero-order valence-electron chi connectivity index (χ0n) is 12.8. The first kappa shape index (κ1) is 14.3. The Morgan fingerprint density at radius 3 is 2.96 bits per heavy atom. The zero-order chi connectivity index (χ0) is 15.6. The van der Waals surface area contributed by atoms with Crippen LogP contribution >= 0.6 is 0 Å². The second kappa shape index (κ2) is 6.04. The predicted molar refractivity (Wildman–Crippen MR) is 84.8 cm³/mol. The van der Waals surface area contributed by atoms with Gasteiger partial charge in [0.15, 0.2) is 5.82 Å². The van der Waals surface area contributed by atoms with Gasteiger partial charge in [-0.15, -0.1) is 0 Å². The van der Waals surface area contributed by atoms with Crippen molar-refractivity contribution >= 4 is 11.7 Å². The lowest BCUT2D eigenvalue weighted by Crippen LogP contribution is -2.16. The maximum absolute atomic E-state index is 12.3. The summed E-state index contributed by atoms with van der Waals surface area (Å²) in [5.74, 6) is 1.23. The Balaban J connectivity index is 1.39. The minimum atomic E-state index is -0.155. The Hall–Kier alpha value is -2.34. The van der Waals surface area contributed by atoms with Crippen LogP contribution in [0.15, 0.2) is 30.3 Å². The quantitative estimate of drug-likeness (QED) is 0.940. The molecule has 0 spiro atoms. The van der Waals surface area contributed by atoms with Gasteiger partial charge in [0.2, 0.25) is 0 Å². The molecule has 0 radical (unpaired) electrons. The summed E-state index contributed by atoms with van der Waals surface area (Å²) in [4.78, 5) is 12.3. The van der Waals surface area contributed by atoms with Gasteiger partial charge in [-0.3, -0.25) is 9.48 Å². The Kier molecular flexibility index (Phi) is 3.75. The number of aryl methyl sites for hydroxylation is 2. The van der Waals surface area contributed by atoms with Gasteiger partial charge in [0, 0.05) is 30.3 Å². The van der Waals surface area contributed by atoms with Crippen LogP contribution in [0.25, 0.3) is 0 Å². The summed E-state index contributed by atoms with van der Waals surface area (Å²) >= 11 is 0. The van der Waals surface area contributed by atoms with Crippen molar-refractivity contribution in [1.29, 1.82) is 0 Å². The number of aromatic nitrogens is 2. The first-order valence-corrected chi connectivity index (χ1v) is 8.00. The molecule has 1 amide bonds. The molecule has 2 aromatic rings. The molecule has 1 fully saturated rings. The number of hydrogen-bond donors (Lipinski definition) is 1. The number of rotatable bonds is 4. The summed E-state index contributed by atoms with van der Waals surface area (Å²) in [6.45, 7) is 2.31. The fraction of sp³-hybridized carbons (Fsp3) is 0.412. The molecule has 6 heteroatoms. The van der Waals surface area contributed by atoms with Crippen LogP contribution in [0.4, 0.5) is 5.82 Å². The zero-order valence-corrected chi connectivity index (χ0v) is 12.8. The van der Waals surface area contributed by atoms with Crippen LogP contribution in [-0.2, 0) is 17.7 Å². The summed E-state index contributed by atoms with van der Waals surface area (Å²) < 4.78 is 13.0. The van der Waals surface area contributed by atoms with Crippen molar-refractivity contribution in [2.75, 3.05) is 18.5 Å². The molecule has 1 unspecified atom stereocenters. The maximum atomic E-state index is 12.3. The normalized spacial score (nSPS) is 19.6. The molecule has 2 aliphatic rings. The van der Waals surface area contributed by atoms with Crippen molar-refractivity contribution < 1.29 is 14.3 Å². The third-order valence-electron chi connectivity index (χ3n) is 4.21. The van der Waals surface area contributed by atoms with Crippen LogP contribution in [-0.4, -0.2) is 35.0 Å². The van der Waals surface area contributed by atoms with Gasteiger partial charge >= 0.3 is 0 Å². The van der Waals surface area contributed by atoms with E-state index >= 15 is 0 Å². The third kappa shape index (κ3) is 3.07. The van der Waals surface area contributed by atoms with E-state index in [0.29, 0.717) is 18.0 Å². The topological polar surface area (TPSA) is 65.4 Å². The molecule has 1 aromatic carbocycles. The predicted octanol–water partition coefficient (Wildman–Crippen LogP) is 2.25. The first-order chi connectivity index (χ1) is 11.3. The molecule has 4 rings (SSSR count). The highest BCUT2D eigenvalue weighted by atomic mass is 16.5. The minimum absolute atomic E-state index is 0.114. The SMILES string of the molecule is O=C(Nc1cc2n(n1)CCC2)c1ccc(OC2CCOC2)cc1. The molecular formula is C17H19N3O3. The van der Waals surface area contributed by atoms with E-state index in [1.54, 1.807) is 12.1 Å². The van der Waals surface area contributed by atoms with E-state index in [1.807, 2.05) is 22.9 Å². The molecule has 0 bridgehead atoms.